The largest absolute Gasteiger partial charge is 0.373 e. The summed E-state index contributed by atoms with van der Waals surface area (Å²) in [5, 5.41) is 0. The Kier molecular flexibility index (Phi) is 3.62. The van der Waals surface area contributed by atoms with Gasteiger partial charge in [-0.2, -0.15) is 0 Å². The van der Waals surface area contributed by atoms with Crippen molar-refractivity contribution in [3.63, 3.8) is 0 Å². The molecule has 1 aliphatic rings. The van der Waals surface area contributed by atoms with Crippen LogP contribution in [0.5, 0.6) is 0 Å². The molecular weight excluding hydrogens is 209 g/mol. The molecule has 86 valence electrons. The minimum absolute atomic E-state index is 0.126. The topological polar surface area (TPSA) is 39.2 Å². The number of carbonyl (C=O) groups excluding carboxylic acids is 1. The van der Waals surface area contributed by atoms with E-state index in [1.165, 1.54) is 12.3 Å². The number of ketones is 1. The second-order valence-electron chi connectivity index (χ2n) is 4.06. The van der Waals surface area contributed by atoms with Crippen LogP contribution in [-0.2, 0) is 16.1 Å². The lowest BCUT2D eigenvalue weighted by molar-refractivity contribution is -0.123. The van der Waals surface area contributed by atoms with E-state index in [1.807, 2.05) is 0 Å². The second-order valence-corrected chi connectivity index (χ2v) is 4.06. The molecule has 0 aromatic carbocycles. The minimum atomic E-state index is -0.347. The average Bonchev–Trinajstić information content (AvgIpc) is 2.28. The number of rotatable bonds is 3. The summed E-state index contributed by atoms with van der Waals surface area (Å²) in [4.78, 5) is 14.8. The standard InChI is InChI=1S/C12H14FNO2/c13-10-5-9(6-14-7-10)8-16-12-3-1-11(15)2-4-12/h5-7,12H,1-4,8H2. The van der Waals surface area contributed by atoms with Crippen LogP contribution in [0.25, 0.3) is 0 Å². The van der Waals surface area contributed by atoms with E-state index < -0.39 is 0 Å². The quantitative estimate of drug-likeness (QED) is 0.789. The summed E-state index contributed by atoms with van der Waals surface area (Å²) in [6, 6.07) is 1.42. The number of carbonyl (C=O) groups is 1. The molecule has 4 heteroatoms. The van der Waals surface area contributed by atoms with Crippen molar-refractivity contribution in [3.05, 3.63) is 29.8 Å². The number of nitrogens with zero attached hydrogens (tertiary/aromatic N) is 1. The van der Waals surface area contributed by atoms with Crippen molar-refractivity contribution in [2.45, 2.75) is 38.4 Å². The van der Waals surface area contributed by atoms with Crippen LogP contribution < -0.4 is 0 Å². The smallest absolute Gasteiger partial charge is 0.141 e. The number of ether oxygens (including phenoxy) is 1. The number of aromatic nitrogens is 1. The van der Waals surface area contributed by atoms with E-state index in [9.17, 15) is 9.18 Å². The van der Waals surface area contributed by atoms with Gasteiger partial charge in [-0.05, 0) is 24.5 Å². The zero-order chi connectivity index (χ0) is 11.4. The van der Waals surface area contributed by atoms with Crippen LogP contribution >= 0.6 is 0 Å². The molecule has 0 N–H and O–H groups in total. The zero-order valence-corrected chi connectivity index (χ0v) is 8.99. The maximum absolute atomic E-state index is 12.8. The Bertz CT molecular complexity index is 371. The van der Waals surface area contributed by atoms with Gasteiger partial charge in [-0.3, -0.25) is 9.78 Å². The Morgan fingerprint density at radius 3 is 2.81 bits per heavy atom. The van der Waals surface area contributed by atoms with Gasteiger partial charge in [0.05, 0.1) is 18.9 Å². The third kappa shape index (κ3) is 3.10. The van der Waals surface area contributed by atoms with E-state index in [1.54, 1.807) is 6.20 Å². The zero-order valence-electron chi connectivity index (χ0n) is 8.99. The highest BCUT2D eigenvalue weighted by Crippen LogP contribution is 2.19. The van der Waals surface area contributed by atoms with E-state index in [-0.39, 0.29) is 11.9 Å². The molecule has 0 unspecified atom stereocenters. The first-order chi connectivity index (χ1) is 7.74. The Balaban J connectivity index is 1.81. The monoisotopic (exact) mass is 223 g/mol. The lowest BCUT2D eigenvalue weighted by atomic mass is 9.96. The van der Waals surface area contributed by atoms with Crippen molar-refractivity contribution in [1.29, 1.82) is 0 Å². The third-order valence-corrected chi connectivity index (χ3v) is 2.74. The molecule has 3 nitrogen and oxygen atoms in total. The fraction of sp³-hybridized carbons (Fsp3) is 0.500. The second kappa shape index (κ2) is 5.16. The fourth-order valence-electron chi connectivity index (χ4n) is 1.83. The Morgan fingerprint density at radius 1 is 1.38 bits per heavy atom. The molecule has 2 rings (SSSR count). The van der Waals surface area contributed by atoms with Crippen LogP contribution in [-0.4, -0.2) is 16.9 Å². The Morgan fingerprint density at radius 2 is 2.12 bits per heavy atom. The van der Waals surface area contributed by atoms with E-state index in [0.717, 1.165) is 18.4 Å². The summed E-state index contributed by atoms with van der Waals surface area (Å²) >= 11 is 0. The molecule has 0 radical (unpaired) electrons. The summed E-state index contributed by atoms with van der Waals surface area (Å²) in [7, 11) is 0. The highest BCUT2D eigenvalue weighted by atomic mass is 19.1. The predicted molar refractivity (Wildman–Crippen MR) is 56.2 cm³/mol. The molecule has 1 saturated carbocycles. The van der Waals surface area contributed by atoms with Gasteiger partial charge in [-0.15, -0.1) is 0 Å². The summed E-state index contributed by atoms with van der Waals surface area (Å²) in [6.07, 6.45) is 5.65. The molecular formula is C12H14FNO2. The number of hydrogen-bond donors (Lipinski definition) is 0. The Hall–Kier alpha value is -1.29. The minimum Gasteiger partial charge on any atom is -0.373 e. The lowest BCUT2D eigenvalue weighted by Crippen LogP contribution is -2.21. The maximum atomic E-state index is 12.8. The third-order valence-electron chi connectivity index (χ3n) is 2.74. The molecule has 0 spiro atoms. The highest BCUT2D eigenvalue weighted by molar-refractivity contribution is 5.79. The van der Waals surface area contributed by atoms with Crippen LogP contribution in [0.3, 0.4) is 0 Å². The molecule has 1 heterocycles. The first kappa shape index (κ1) is 11.2. The van der Waals surface area contributed by atoms with Gasteiger partial charge in [-0.1, -0.05) is 0 Å². The van der Waals surface area contributed by atoms with E-state index in [4.69, 9.17) is 4.74 Å². The number of halogens is 1. The molecule has 0 bridgehead atoms. The molecule has 0 atom stereocenters. The van der Waals surface area contributed by atoms with Crippen LogP contribution in [0.2, 0.25) is 0 Å². The lowest BCUT2D eigenvalue weighted by Gasteiger charge is -2.21. The molecule has 0 saturated heterocycles. The molecule has 0 amide bonds. The van der Waals surface area contributed by atoms with Gasteiger partial charge >= 0.3 is 0 Å². The van der Waals surface area contributed by atoms with Crippen molar-refractivity contribution < 1.29 is 13.9 Å². The van der Waals surface area contributed by atoms with Crippen molar-refractivity contribution in [1.82, 2.24) is 4.98 Å². The van der Waals surface area contributed by atoms with Crippen LogP contribution in [0.15, 0.2) is 18.5 Å². The maximum Gasteiger partial charge on any atom is 0.141 e. The summed E-state index contributed by atoms with van der Waals surface area (Å²) in [6.45, 7) is 0.365. The first-order valence-corrected chi connectivity index (χ1v) is 5.47. The van der Waals surface area contributed by atoms with Crippen molar-refractivity contribution in [2.24, 2.45) is 0 Å². The van der Waals surface area contributed by atoms with Crippen LogP contribution in [0.4, 0.5) is 4.39 Å². The average molecular weight is 223 g/mol. The van der Waals surface area contributed by atoms with Gasteiger partial charge in [0.1, 0.15) is 11.6 Å². The van der Waals surface area contributed by atoms with Crippen molar-refractivity contribution in [3.8, 4) is 0 Å². The molecule has 0 aliphatic heterocycles. The van der Waals surface area contributed by atoms with Gasteiger partial charge in [0.25, 0.3) is 0 Å². The van der Waals surface area contributed by atoms with E-state index in [0.29, 0.717) is 25.2 Å². The summed E-state index contributed by atoms with van der Waals surface area (Å²) in [5.74, 6) is -0.0350. The molecule has 1 fully saturated rings. The summed E-state index contributed by atoms with van der Waals surface area (Å²) in [5.41, 5.74) is 0.733. The molecule has 16 heavy (non-hydrogen) atoms. The molecule has 1 aliphatic carbocycles. The number of hydrogen-bond acceptors (Lipinski definition) is 3. The first-order valence-electron chi connectivity index (χ1n) is 5.47. The Labute approximate surface area is 93.6 Å². The molecule has 1 aromatic heterocycles. The fourth-order valence-corrected chi connectivity index (χ4v) is 1.83. The molecule has 1 aromatic rings. The van der Waals surface area contributed by atoms with Crippen molar-refractivity contribution >= 4 is 5.78 Å². The normalized spacial score (nSPS) is 17.7. The van der Waals surface area contributed by atoms with E-state index in [2.05, 4.69) is 4.98 Å². The van der Waals surface area contributed by atoms with Gasteiger partial charge in [0, 0.05) is 19.0 Å². The van der Waals surface area contributed by atoms with E-state index >= 15 is 0 Å². The predicted octanol–water partition coefficient (Wildman–Crippen LogP) is 2.25. The SMILES string of the molecule is O=C1CCC(OCc2cncc(F)c2)CC1. The van der Waals surface area contributed by atoms with Gasteiger partial charge in [0.15, 0.2) is 0 Å². The van der Waals surface area contributed by atoms with Crippen LogP contribution in [0.1, 0.15) is 31.2 Å². The van der Waals surface area contributed by atoms with Gasteiger partial charge < -0.3 is 4.74 Å². The number of Topliss-reactive ketones (excluding diaryl/α,β-unsaturated/α-hetero) is 1. The van der Waals surface area contributed by atoms with Crippen molar-refractivity contribution in [2.75, 3.05) is 0 Å². The highest BCUT2D eigenvalue weighted by Gasteiger charge is 2.18. The van der Waals surface area contributed by atoms with Crippen LogP contribution in [0, 0.1) is 5.82 Å². The summed E-state index contributed by atoms with van der Waals surface area (Å²) < 4.78 is 18.4. The van der Waals surface area contributed by atoms with Gasteiger partial charge in [0.2, 0.25) is 0 Å². The number of pyridine rings is 1. The van der Waals surface area contributed by atoms with Gasteiger partial charge in [-0.25, -0.2) is 4.39 Å².